The molecule has 1 rings (SSSR count). The van der Waals surface area contributed by atoms with E-state index < -0.39 is 0 Å². The molecule has 0 radical (unpaired) electrons. The second-order valence-electron chi connectivity index (χ2n) is 3.50. The third kappa shape index (κ3) is 5.25. The van der Waals surface area contributed by atoms with Gasteiger partial charge in [0.2, 0.25) is 5.91 Å². The fourth-order valence-corrected chi connectivity index (χ4v) is 1.19. The zero-order valence-corrected chi connectivity index (χ0v) is 9.98. The molecule has 18 heavy (non-hydrogen) atoms. The highest BCUT2D eigenvalue weighted by Gasteiger charge is 2.00. The molecule has 0 heterocycles. The van der Waals surface area contributed by atoms with Gasteiger partial charge in [-0.25, -0.2) is 4.39 Å². The van der Waals surface area contributed by atoms with Crippen LogP contribution in [0.3, 0.4) is 0 Å². The average molecular weight is 251 g/mol. The summed E-state index contributed by atoms with van der Waals surface area (Å²) >= 11 is 0. The lowest BCUT2D eigenvalue weighted by Gasteiger charge is -2.00. The lowest BCUT2D eigenvalue weighted by molar-refractivity contribution is -0.140. The fraction of sp³-hybridized carbons (Fsp3) is 0.231. The zero-order chi connectivity index (χ0) is 13.4. The van der Waals surface area contributed by atoms with E-state index in [2.05, 4.69) is 10.1 Å². The average Bonchev–Trinajstić information content (AvgIpc) is 2.38. The Bertz CT molecular complexity index is 440. The number of nitrogens with one attached hydrogen (secondary N) is 1. The first-order valence-electron chi connectivity index (χ1n) is 5.40. The molecule has 0 fully saturated rings. The van der Waals surface area contributed by atoms with Crippen molar-refractivity contribution in [2.24, 2.45) is 0 Å². The van der Waals surface area contributed by atoms with Crippen LogP contribution in [0.1, 0.15) is 12.0 Å². The van der Waals surface area contributed by atoms with E-state index in [0.29, 0.717) is 0 Å². The number of halogens is 1. The van der Waals surface area contributed by atoms with Gasteiger partial charge in [0.15, 0.2) is 0 Å². The monoisotopic (exact) mass is 251 g/mol. The van der Waals surface area contributed by atoms with Crippen molar-refractivity contribution in [2.75, 3.05) is 13.7 Å². The van der Waals surface area contributed by atoms with Crippen LogP contribution in [0.2, 0.25) is 0 Å². The first-order valence-corrected chi connectivity index (χ1v) is 5.40. The first-order chi connectivity index (χ1) is 8.61. The fourth-order valence-electron chi connectivity index (χ4n) is 1.19. The highest BCUT2D eigenvalue weighted by Crippen LogP contribution is 2.04. The van der Waals surface area contributed by atoms with Crippen LogP contribution in [0.15, 0.2) is 30.3 Å². The number of carbonyl (C=O) groups excluding carboxylic acids is 2. The van der Waals surface area contributed by atoms with Gasteiger partial charge in [0.05, 0.1) is 13.5 Å². The minimum absolute atomic E-state index is 0.132. The molecule has 1 amide bonds. The molecule has 1 N–H and O–H groups in total. The minimum atomic E-state index is -0.377. The Morgan fingerprint density at radius 3 is 2.61 bits per heavy atom. The molecule has 0 bridgehead atoms. The van der Waals surface area contributed by atoms with Crippen LogP contribution in [0.5, 0.6) is 0 Å². The summed E-state index contributed by atoms with van der Waals surface area (Å²) in [5.74, 6) is -1.02. The van der Waals surface area contributed by atoms with Crippen molar-refractivity contribution in [1.82, 2.24) is 5.32 Å². The van der Waals surface area contributed by atoms with E-state index in [1.807, 2.05) is 0 Å². The van der Waals surface area contributed by atoms with Gasteiger partial charge in [-0.1, -0.05) is 12.1 Å². The topological polar surface area (TPSA) is 55.4 Å². The Labute approximate surface area is 104 Å². The maximum absolute atomic E-state index is 12.6. The van der Waals surface area contributed by atoms with Gasteiger partial charge in [0, 0.05) is 12.6 Å². The molecule has 0 unspecified atom stereocenters. The Kier molecular flexibility index (Phi) is 5.57. The Hall–Kier alpha value is -2.17. The molecule has 0 aromatic heterocycles. The van der Waals surface area contributed by atoms with E-state index in [-0.39, 0.29) is 30.7 Å². The van der Waals surface area contributed by atoms with Gasteiger partial charge in [0.1, 0.15) is 5.82 Å². The quantitative estimate of drug-likeness (QED) is 0.637. The van der Waals surface area contributed by atoms with Gasteiger partial charge in [-0.3, -0.25) is 9.59 Å². The number of amides is 1. The summed E-state index contributed by atoms with van der Waals surface area (Å²) in [6.07, 6.45) is 3.02. The molecular formula is C13H14FNO3. The molecule has 1 aromatic rings. The second kappa shape index (κ2) is 7.21. The van der Waals surface area contributed by atoms with Crippen molar-refractivity contribution in [3.63, 3.8) is 0 Å². The predicted octanol–water partition coefficient (Wildman–Crippen LogP) is 1.52. The normalized spacial score (nSPS) is 10.3. The summed E-state index contributed by atoms with van der Waals surface area (Å²) in [4.78, 5) is 22.1. The smallest absolute Gasteiger partial charge is 0.307 e. The molecule has 0 saturated carbocycles. The summed E-state index contributed by atoms with van der Waals surface area (Å²) in [6.45, 7) is 0.221. The van der Waals surface area contributed by atoms with E-state index in [1.54, 1.807) is 18.2 Å². The van der Waals surface area contributed by atoms with Crippen LogP contribution in [0.25, 0.3) is 6.08 Å². The third-order valence-corrected chi connectivity index (χ3v) is 2.15. The van der Waals surface area contributed by atoms with Crippen molar-refractivity contribution in [3.8, 4) is 0 Å². The number of methoxy groups -OCH3 is 1. The maximum atomic E-state index is 12.6. The summed E-state index contributed by atoms with van der Waals surface area (Å²) in [5.41, 5.74) is 0.722. The van der Waals surface area contributed by atoms with E-state index >= 15 is 0 Å². The molecule has 96 valence electrons. The molecule has 5 heteroatoms. The summed E-state index contributed by atoms with van der Waals surface area (Å²) < 4.78 is 17.0. The van der Waals surface area contributed by atoms with E-state index in [9.17, 15) is 14.0 Å². The lowest BCUT2D eigenvalue weighted by Crippen LogP contribution is -2.24. The van der Waals surface area contributed by atoms with Crippen molar-refractivity contribution in [1.29, 1.82) is 0 Å². The standard InChI is InChI=1S/C13H14FNO3/c1-18-13(17)8-9-15-12(16)7-4-10-2-5-11(14)6-3-10/h2-7H,8-9H2,1H3,(H,15,16)/b7-4-. The highest BCUT2D eigenvalue weighted by atomic mass is 19.1. The number of carbonyl (C=O) groups is 2. The molecule has 4 nitrogen and oxygen atoms in total. The number of ether oxygens (including phenoxy) is 1. The molecule has 0 aliphatic carbocycles. The van der Waals surface area contributed by atoms with Crippen LogP contribution in [0, 0.1) is 5.82 Å². The first kappa shape index (κ1) is 13.9. The highest BCUT2D eigenvalue weighted by molar-refractivity contribution is 5.91. The summed E-state index contributed by atoms with van der Waals surface area (Å²) in [6, 6.07) is 5.75. The third-order valence-electron chi connectivity index (χ3n) is 2.15. The van der Waals surface area contributed by atoms with Crippen molar-refractivity contribution < 1.29 is 18.7 Å². The molecule has 0 spiro atoms. The molecule has 0 atom stereocenters. The van der Waals surface area contributed by atoms with Crippen molar-refractivity contribution in [3.05, 3.63) is 41.7 Å². The minimum Gasteiger partial charge on any atom is -0.469 e. The van der Waals surface area contributed by atoms with Crippen LogP contribution in [-0.4, -0.2) is 25.5 Å². The van der Waals surface area contributed by atoms with Gasteiger partial charge < -0.3 is 10.1 Å². The summed E-state index contributed by atoms with van der Waals surface area (Å²) in [7, 11) is 1.29. The Morgan fingerprint density at radius 1 is 1.33 bits per heavy atom. The molecule has 0 aliphatic heterocycles. The van der Waals surface area contributed by atoms with Gasteiger partial charge in [-0.05, 0) is 23.8 Å². The van der Waals surface area contributed by atoms with Gasteiger partial charge in [-0.15, -0.1) is 0 Å². The Morgan fingerprint density at radius 2 is 2.00 bits per heavy atom. The zero-order valence-electron chi connectivity index (χ0n) is 9.98. The molecule has 0 aliphatic rings. The number of esters is 1. The second-order valence-corrected chi connectivity index (χ2v) is 3.50. The van der Waals surface area contributed by atoms with Crippen LogP contribution < -0.4 is 5.32 Å². The van der Waals surface area contributed by atoms with Crippen molar-refractivity contribution >= 4 is 18.0 Å². The van der Waals surface area contributed by atoms with E-state index in [1.165, 1.54) is 25.3 Å². The van der Waals surface area contributed by atoms with Crippen LogP contribution in [-0.2, 0) is 14.3 Å². The van der Waals surface area contributed by atoms with Crippen LogP contribution in [0.4, 0.5) is 4.39 Å². The number of benzene rings is 1. The number of hydrogen-bond donors (Lipinski definition) is 1. The number of rotatable bonds is 5. The van der Waals surface area contributed by atoms with Gasteiger partial charge >= 0.3 is 5.97 Å². The molecule has 0 saturated heterocycles. The van der Waals surface area contributed by atoms with Gasteiger partial charge in [0.25, 0.3) is 0 Å². The Balaban J connectivity index is 2.35. The summed E-state index contributed by atoms with van der Waals surface area (Å²) in [5, 5.41) is 2.53. The lowest BCUT2D eigenvalue weighted by atomic mass is 10.2. The van der Waals surface area contributed by atoms with Gasteiger partial charge in [-0.2, -0.15) is 0 Å². The van der Waals surface area contributed by atoms with Crippen LogP contribution >= 0.6 is 0 Å². The maximum Gasteiger partial charge on any atom is 0.307 e. The predicted molar refractivity (Wildman–Crippen MR) is 65.1 cm³/mol. The van der Waals surface area contributed by atoms with Crippen molar-refractivity contribution in [2.45, 2.75) is 6.42 Å². The molecular weight excluding hydrogens is 237 g/mol. The largest absolute Gasteiger partial charge is 0.469 e. The van der Waals surface area contributed by atoms with E-state index in [0.717, 1.165) is 5.56 Å². The SMILES string of the molecule is COC(=O)CCNC(=O)/C=C\c1ccc(F)cc1. The molecule has 1 aromatic carbocycles. The van der Waals surface area contributed by atoms with E-state index in [4.69, 9.17) is 0 Å². The number of hydrogen-bond acceptors (Lipinski definition) is 3.